The zero-order chi connectivity index (χ0) is 15.0. The van der Waals surface area contributed by atoms with Gasteiger partial charge in [-0.15, -0.1) is 28.8 Å². The van der Waals surface area contributed by atoms with Gasteiger partial charge in [0.25, 0.3) is 0 Å². The van der Waals surface area contributed by atoms with E-state index in [1.165, 1.54) is 9.75 Å². The standard InChI is InChI=1S/C13H16N6S2.ClH/c1-7-5-9(8(2)21-7)11-10(6-16-18-12(14)15)19-3-4-20-13(19)17-11;/h5-6H,3-4H2,1-2H3,(H4,14,15,18);1H/b16-6+;. The van der Waals surface area contributed by atoms with Gasteiger partial charge in [-0.2, -0.15) is 5.10 Å². The quantitative estimate of drug-likeness (QED) is 0.501. The summed E-state index contributed by atoms with van der Waals surface area (Å²) in [5.74, 6) is 0.985. The van der Waals surface area contributed by atoms with Gasteiger partial charge in [-0.05, 0) is 19.9 Å². The Hall–Kier alpha value is -1.51. The Balaban J connectivity index is 0.00000176. The largest absolute Gasteiger partial charge is 0.369 e. The minimum Gasteiger partial charge on any atom is -0.369 e. The lowest BCUT2D eigenvalue weighted by Gasteiger charge is -2.01. The Morgan fingerprint density at radius 2 is 2.18 bits per heavy atom. The molecule has 2 aromatic heterocycles. The van der Waals surface area contributed by atoms with Crippen LogP contribution in [0, 0.1) is 13.8 Å². The van der Waals surface area contributed by atoms with Gasteiger partial charge in [-0.1, -0.05) is 11.8 Å². The summed E-state index contributed by atoms with van der Waals surface area (Å²) in [6.45, 7) is 5.15. The molecule has 0 aromatic carbocycles. The van der Waals surface area contributed by atoms with Crippen molar-refractivity contribution in [3.05, 3.63) is 21.5 Å². The molecule has 0 spiro atoms. The number of hydrogen-bond acceptors (Lipinski definition) is 5. The Bertz CT molecular complexity index is 742. The Kier molecular flexibility index (Phi) is 5.15. The molecule has 118 valence electrons. The number of nitrogens with zero attached hydrogens (tertiary/aromatic N) is 4. The van der Waals surface area contributed by atoms with Gasteiger partial charge in [-0.3, -0.25) is 0 Å². The Morgan fingerprint density at radius 3 is 2.82 bits per heavy atom. The van der Waals surface area contributed by atoms with Crippen LogP contribution in [0.5, 0.6) is 0 Å². The highest BCUT2D eigenvalue weighted by molar-refractivity contribution is 7.99. The number of halogens is 1. The van der Waals surface area contributed by atoms with Crippen LogP contribution in [0.3, 0.4) is 0 Å². The van der Waals surface area contributed by atoms with E-state index in [0.717, 1.165) is 34.4 Å². The van der Waals surface area contributed by atoms with Gasteiger partial charge < -0.3 is 16.0 Å². The van der Waals surface area contributed by atoms with E-state index < -0.39 is 0 Å². The third-order valence-electron chi connectivity index (χ3n) is 3.17. The van der Waals surface area contributed by atoms with Gasteiger partial charge in [-0.25, -0.2) is 4.98 Å². The summed E-state index contributed by atoms with van der Waals surface area (Å²) in [6, 6.07) is 2.17. The van der Waals surface area contributed by atoms with Crippen LogP contribution in [0.2, 0.25) is 0 Å². The maximum Gasteiger partial charge on any atom is 0.211 e. The summed E-state index contributed by atoms with van der Waals surface area (Å²) in [5, 5.41) is 8.67. The number of aromatic nitrogens is 2. The molecule has 3 rings (SSSR count). The molecular formula is C13H17ClN6S2. The fourth-order valence-electron chi connectivity index (χ4n) is 2.34. The van der Waals surface area contributed by atoms with Gasteiger partial charge in [0, 0.05) is 27.6 Å². The maximum atomic E-state index is 5.31. The maximum absolute atomic E-state index is 5.31. The average Bonchev–Trinajstić information content (AvgIpc) is 3.05. The lowest BCUT2D eigenvalue weighted by Crippen LogP contribution is -2.21. The molecule has 9 heteroatoms. The summed E-state index contributed by atoms with van der Waals surface area (Å²) in [6.07, 6.45) is 1.68. The molecule has 0 aliphatic carbocycles. The molecule has 0 fully saturated rings. The molecule has 0 bridgehead atoms. The normalized spacial score (nSPS) is 13.2. The Labute approximate surface area is 143 Å². The fraction of sp³-hybridized carbons (Fsp3) is 0.308. The van der Waals surface area contributed by atoms with Crippen LogP contribution in [0.25, 0.3) is 11.3 Å². The molecule has 0 saturated heterocycles. The fourth-order valence-corrected chi connectivity index (χ4v) is 4.23. The molecule has 0 radical (unpaired) electrons. The van der Waals surface area contributed by atoms with Gasteiger partial charge in [0.05, 0.1) is 17.6 Å². The van der Waals surface area contributed by atoms with Gasteiger partial charge in [0.2, 0.25) is 5.96 Å². The van der Waals surface area contributed by atoms with Gasteiger partial charge >= 0.3 is 0 Å². The zero-order valence-electron chi connectivity index (χ0n) is 12.2. The van der Waals surface area contributed by atoms with Crippen molar-refractivity contribution >= 4 is 47.7 Å². The molecule has 1 aliphatic heterocycles. The van der Waals surface area contributed by atoms with E-state index in [4.69, 9.17) is 16.5 Å². The minimum absolute atomic E-state index is 0. The van der Waals surface area contributed by atoms with E-state index in [2.05, 4.69) is 34.7 Å². The van der Waals surface area contributed by atoms with Crippen molar-refractivity contribution in [2.24, 2.45) is 21.7 Å². The number of thioether (sulfide) groups is 1. The van der Waals surface area contributed by atoms with Gasteiger partial charge in [0.1, 0.15) is 0 Å². The van der Waals surface area contributed by atoms with Crippen molar-refractivity contribution in [3.63, 3.8) is 0 Å². The number of guanidine groups is 1. The first-order valence-electron chi connectivity index (χ1n) is 6.49. The summed E-state index contributed by atoms with van der Waals surface area (Å²) < 4.78 is 2.16. The van der Waals surface area contributed by atoms with Crippen molar-refractivity contribution < 1.29 is 0 Å². The van der Waals surface area contributed by atoms with Crippen LogP contribution in [0.1, 0.15) is 15.4 Å². The van der Waals surface area contributed by atoms with Crippen molar-refractivity contribution in [1.29, 1.82) is 0 Å². The van der Waals surface area contributed by atoms with Crippen LogP contribution in [-0.2, 0) is 6.54 Å². The number of hydrogen-bond donors (Lipinski definition) is 2. The molecule has 2 aromatic rings. The molecule has 0 amide bonds. The van der Waals surface area contributed by atoms with Crippen molar-refractivity contribution in [1.82, 2.24) is 9.55 Å². The van der Waals surface area contributed by atoms with E-state index in [9.17, 15) is 0 Å². The lowest BCUT2D eigenvalue weighted by molar-refractivity contribution is 0.715. The Morgan fingerprint density at radius 1 is 1.41 bits per heavy atom. The molecular weight excluding hydrogens is 340 g/mol. The number of fused-ring (bicyclic) bond motifs is 1. The van der Waals surface area contributed by atoms with Gasteiger partial charge in [0.15, 0.2) is 5.16 Å². The highest BCUT2D eigenvalue weighted by Gasteiger charge is 2.23. The molecule has 1 aliphatic rings. The second kappa shape index (κ2) is 6.72. The first kappa shape index (κ1) is 16.9. The van der Waals surface area contributed by atoms with E-state index in [1.54, 1.807) is 29.3 Å². The predicted octanol–water partition coefficient (Wildman–Crippen LogP) is 2.36. The number of thiophene rings is 1. The van der Waals surface area contributed by atoms with Crippen LogP contribution in [0.4, 0.5) is 0 Å². The van der Waals surface area contributed by atoms with E-state index >= 15 is 0 Å². The molecule has 4 N–H and O–H groups in total. The van der Waals surface area contributed by atoms with Crippen LogP contribution in [0.15, 0.2) is 21.4 Å². The summed E-state index contributed by atoms with van der Waals surface area (Å²) >= 11 is 3.53. The monoisotopic (exact) mass is 356 g/mol. The molecule has 3 heterocycles. The summed E-state index contributed by atoms with van der Waals surface area (Å²) in [5.41, 5.74) is 13.7. The van der Waals surface area contributed by atoms with E-state index in [1.807, 2.05) is 0 Å². The molecule has 0 atom stereocenters. The predicted molar refractivity (Wildman–Crippen MR) is 96.4 cm³/mol. The first-order valence-corrected chi connectivity index (χ1v) is 8.29. The third-order valence-corrected chi connectivity index (χ3v) is 5.09. The number of rotatable bonds is 3. The van der Waals surface area contributed by atoms with Crippen molar-refractivity contribution in [2.75, 3.05) is 5.75 Å². The summed E-state index contributed by atoms with van der Waals surface area (Å²) in [4.78, 5) is 7.29. The number of aryl methyl sites for hydroxylation is 2. The molecule has 0 unspecified atom stereocenters. The smallest absolute Gasteiger partial charge is 0.211 e. The van der Waals surface area contributed by atoms with E-state index in [0.29, 0.717) is 0 Å². The van der Waals surface area contributed by atoms with Crippen LogP contribution in [-0.4, -0.2) is 27.5 Å². The third kappa shape index (κ3) is 3.13. The first-order chi connectivity index (χ1) is 10.1. The average molecular weight is 357 g/mol. The topological polar surface area (TPSA) is 94.6 Å². The zero-order valence-corrected chi connectivity index (χ0v) is 14.7. The SMILES string of the molecule is Cc1cc(-c2nc3n(c2/C=N/N=C(N)N)CCS3)c(C)s1.Cl. The van der Waals surface area contributed by atoms with Crippen LogP contribution >= 0.6 is 35.5 Å². The highest BCUT2D eigenvalue weighted by atomic mass is 35.5. The lowest BCUT2D eigenvalue weighted by atomic mass is 10.1. The highest BCUT2D eigenvalue weighted by Crippen LogP contribution is 2.36. The summed E-state index contributed by atoms with van der Waals surface area (Å²) in [7, 11) is 0. The second-order valence-corrected chi connectivity index (χ2v) is 7.25. The minimum atomic E-state index is -0.0501. The van der Waals surface area contributed by atoms with Crippen molar-refractivity contribution in [2.45, 2.75) is 25.5 Å². The van der Waals surface area contributed by atoms with Crippen molar-refractivity contribution in [3.8, 4) is 11.3 Å². The van der Waals surface area contributed by atoms with E-state index in [-0.39, 0.29) is 18.4 Å². The molecule has 0 saturated carbocycles. The molecule has 6 nitrogen and oxygen atoms in total. The molecule has 22 heavy (non-hydrogen) atoms. The second-order valence-electron chi connectivity index (χ2n) is 4.72. The van der Waals surface area contributed by atoms with Crippen LogP contribution < -0.4 is 11.5 Å². The number of imidazole rings is 1. The number of nitrogens with two attached hydrogens (primary N) is 2.